The maximum atomic E-state index is 12.8. The van der Waals surface area contributed by atoms with Crippen LogP contribution in [0.3, 0.4) is 0 Å². The van der Waals surface area contributed by atoms with Crippen molar-refractivity contribution in [2.75, 3.05) is 11.9 Å². The number of nitrogens with zero attached hydrogens (tertiary/aromatic N) is 3. The quantitative estimate of drug-likeness (QED) is 0.497. The minimum absolute atomic E-state index is 0.0766. The molecule has 1 unspecified atom stereocenters. The number of ether oxygens (including phenoxy) is 1. The van der Waals surface area contributed by atoms with E-state index in [0.29, 0.717) is 24.1 Å². The summed E-state index contributed by atoms with van der Waals surface area (Å²) in [5, 5.41) is 14.4. The summed E-state index contributed by atoms with van der Waals surface area (Å²) in [6.45, 7) is 4.37. The van der Waals surface area contributed by atoms with Crippen molar-refractivity contribution in [3.8, 4) is 5.75 Å². The molecule has 1 aliphatic rings. The average Bonchev–Trinajstić information content (AvgIpc) is 3.27. The van der Waals surface area contributed by atoms with Crippen LogP contribution < -0.4 is 10.1 Å². The molecule has 3 aromatic rings. The molecule has 4 rings (SSSR count). The Morgan fingerprint density at radius 2 is 2.14 bits per heavy atom. The molecule has 0 spiro atoms. The van der Waals surface area contributed by atoms with Gasteiger partial charge < -0.3 is 14.6 Å². The van der Waals surface area contributed by atoms with E-state index >= 15 is 0 Å². The standard InChI is InChI=1S/C21H24N4O2S2/c1-3-27-18-9-5-4-8-17(18)22-20(26)14(2)29-21-24-23-19(25(21)15-10-11-15)13-16-7-6-12-28-16/h4-9,12,14-15H,3,10-11,13H2,1-2H3,(H,22,26). The van der Waals surface area contributed by atoms with Crippen LogP contribution in [0.25, 0.3) is 0 Å². The lowest BCUT2D eigenvalue weighted by atomic mass is 10.3. The topological polar surface area (TPSA) is 69.0 Å². The number of rotatable bonds is 9. The second-order valence-corrected chi connectivity index (χ2v) is 9.27. The molecule has 1 atom stereocenters. The van der Waals surface area contributed by atoms with Crippen molar-refractivity contribution >= 4 is 34.7 Å². The molecule has 2 heterocycles. The Hall–Kier alpha value is -2.32. The lowest BCUT2D eigenvalue weighted by Crippen LogP contribution is -2.23. The van der Waals surface area contributed by atoms with Gasteiger partial charge in [-0.15, -0.1) is 21.5 Å². The Morgan fingerprint density at radius 1 is 1.31 bits per heavy atom. The van der Waals surface area contributed by atoms with Crippen molar-refractivity contribution in [1.82, 2.24) is 14.8 Å². The molecule has 0 radical (unpaired) electrons. The van der Waals surface area contributed by atoms with Crippen molar-refractivity contribution < 1.29 is 9.53 Å². The number of aromatic nitrogens is 3. The summed E-state index contributed by atoms with van der Waals surface area (Å²) in [7, 11) is 0. The molecule has 6 nitrogen and oxygen atoms in total. The molecule has 8 heteroatoms. The number of carbonyl (C=O) groups excluding carboxylic acids is 1. The largest absolute Gasteiger partial charge is 0.492 e. The van der Waals surface area contributed by atoms with Crippen molar-refractivity contribution in [2.45, 2.75) is 49.6 Å². The summed E-state index contributed by atoms with van der Waals surface area (Å²) >= 11 is 3.19. The molecule has 0 saturated heterocycles. The van der Waals surface area contributed by atoms with Crippen LogP contribution in [0.5, 0.6) is 5.75 Å². The predicted octanol–water partition coefficient (Wildman–Crippen LogP) is 4.78. The minimum atomic E-state index is -0.305. The van der Waals surface area contributed by atoms with Crippen LogP contribution in [0.1, 0.15) is 43.4 Å². The van der Waals surface area contributed by atoms with Gasteiger partial charge in [0.05, 0.1) is 17.5 Å². The third kappa shape index (κ3) is 4.82. The van der Waals surface area contributed by atoms with Gasteiger partial charge >= 0.3 is 0 Å². The first kappa shape index (κ1) is 20.0. The van der Waals surface area contributed by atoms with Crippen LogP contribution in [-0.2, 0) is 11.2 Å². The second-order valence-electron chi connectivity index (χ2n) is 6.93. The number of benzene rings is 1. The van der Waals surface area contributed by atoms with Crippen molar-refractivity contribution in [3.63, 3.8) is 0 Å². The maximum absolute atomic E-state index is 12.8. The second kappa shape index (κ2) is 9.00. The molecule has 0 bridgehead atoms. The van der Waals surface area contributed by atoms with E-state index in [0.717, 1.165) is 30.2 Å². The molecule has 2 aromatic heterocycles. The van der Waals surface area contributed by atoms with Crippen LogP contribution in [-0.4, -0.2) is 32.5 Å². The Morgan fingerprint density at radius 3 is 2.86 bits per heavy atom. The van der Waals surface area contributed by atoms with Crippen LogP contribution in [0.4, 0.5) is 5.69 Å². The predicted molar refractivity (Wildman–Crippen MR) is 117 cm³/mol. The SMILES string of the molecule is CCOc1ccccc1NC(=O)C(C)Sc1nnc(Cc2cccs2)n1C1CC1. The molecular formula is C21H24N4O2S2. The van der Waals surface area contributed by atoms with Gasteiger partial charge in [-0.25, -0.2) is 0 Å². The fraction of sp³-hybridized carbons (Fsp3) is 0.381. The number of hydrogen-bond acceptors (Lipinski definition) is 6. The summed E-state index contributed by atoms with van der Waals surface area (Å²) in [6, 6.07) is 12.1. The Labute approximate surface area is 178 Å². The summed E-state index contributed by atoms with van der Waals surface area (Å²) in [4.78, 5) is 14.1. The van der Waals surface area contributed by atoms with Gasteiger partial charge in [0.1, 0.15) is 11.6 Å². The van der Waals surface area contributed by atoms with Gasteiger partial charge in [0.15, 0.2) is 5.16 Å². The lowest BCUT2D eigenvalue weighted by Gasteiger charge is -2.15. The van der Waals surface area contributed by atoms with Crippen LogP contribution in [0.15, 0.2) is 46.9 Å². The summed E-state index contributed by atoms with van der Waals surface area (Å²) < 4.78 is 7.83. The van der Waals surface area contributed by atoms with E-state index in [4.69, 9.17) is 4.74 Å². The zero-order valence-electron chi connectivity index (χ0n) is 16.5. The number of hydrogen-bond donors (Lipinski definition) is 1. The zero-order valence-corrected chi connectivity index (χ0v) is 18.1. The van der Waals surface area contributed by atoms with Crippen LogP contribution in [0, 0.1) is 0 Å². The number of anilines is 1. The van der Waals surface area contributed by atoms with Crippen molar-refractivity contribution in [3.05, 3.63) is 52.5 Å². The number of para-hydroxylation sites is 2. The van der Waals surface area contributed by atoms with Crippen molar-refractivity contribution in [2.24, 2.45) is 0 Å². The highest BCUT2D eigenvalue weighted by Gasteiger charge is 2.31. The fourth-order valence-corrected chi connectivity index (χ4v) is 4.71. The third-order valence-corrected chi connectivity index (χ3v) is 6.59. The Bertz CT molecular complexity index is 967. The molecule has 152 valence electrons. The number of thioether (sulfide) groups is 1. The first-order chi connectivity index (χ1) is 14.2. The van der Waals surface area contributed by atoms with Gasteiger partial charge in [0.2, 0.25) is 5.91 Å². The van der Waals surface area contributed by atoms with Crippen molar-refractivity contribution in [1.29, 1.82) is 0 Å². The summed E-state index contributed by atoms with van der Waals surface area (Å²) in [5.41, 5.74) is 0.689. The third-order valence-electron chi connectivity index (χ3n) is 4.66. The highest BCUT2D eigenvalue weighted by Crippen LogP contribution is 2.40. The van der Waals surface area contributed by atoms with E-state index < -0.39 is 0 Å². The van der Waals surface area contributed by atoms with Crippen LogP contribution in [0.2, 0.25) is 0 Å². The van der Waals surface area contributed by atoms with E-state index in [2.05, 4.69) is 37.6 Å². The average molecular weight is 429 g/mol. The van der Waals surface area contributed by atoms with Gasteiger partial charge in [-0.2, -0.15) is 0 Å². The van der Waals surface area contributed by atoms with E-state index in [1.807, 2.05) is 38.1 Å². The molecule has 1 aromatic carbocycles. The van der Waals surface area contributed by atoms with Gasteiger partial charge in [-0.3, -0.25) is 4.79 Å². The van der Waals surface area contributed by atoms with Gasteiger partial charge in [-0.1, -0.05) is 30.0 Å². The zero-order chi connectivity index (χ0) is 20.2. The molecule has 1 fully saturated rings. The first-order valence-corrected chi connectivity index (χ1v) is 11.6. The van der Waals surface area contributed by atoms with Gasteiger partial charge in [-0.05, 0) is 50.3 Å². The Kier molecular flexibility index (Phi) is 6.20. The number of carbonyl (C=O) groups is 1. The number of amides is 1. The maximum Gasteiger partial charge on any atom is 0.237 e. The van der Waals surface area contributed by atoms with E-state index in [-0.39, 0.29) is 11.2 Å². The van der Waals surface area contributed by atoms with E-state index in [1.54, 1.807) is 11.3 Å². The van der Waals surface area contributed by atoms with E-state index in [9.17, 15) is 4.79 Å². The summed E-state index contributed by atoms with van der Waals surface area (Å²) in [5.74, 6) is 1.58. The lowest BCUT2D eigenvalue weighted by molar-refractivity contribution is -0.115. The minimum Gasteiger partial charge on any atom is -0.492 e. The molecule has 29 heavy (non-hydrogen) atoms. The summed E-state index contributed by atoms with van der Waals surface area (Å²) in [6.07, 6.45) is 3.07. The highest BCUT2D eigenvalue weighted by atomic mass is 32.2. The monoisotopic (exact) mass is 428 g/mol. The molecule has 1 aliphatic carbocycles. The van der Waals surface area contributed by atoms with Gasteiger partial charge in [0.25, 0.3) is 0 Å². The molecule has 1 N–H and O–H groups in total. The molecule has 1 saturated carbocycles. The highest BCUT2D eigenvalue weighted by molar-refractivity contribution is 8.00. The number of thiophene rings is 1. The van der Waals surface area contributed by atoms with Gasteiger partial charge in [0, 0.05) is 17.3 Å². The molecule has 1 amide bonds. The molecule has 0 aliphatic heterocycles. The molecular weight excluding hydrogens is 404 g/mol. The Balaban J connectivity index is 1.46. The van der Waals surface area contributed by atoms with E-state index in [1.165, 1.54) is 16.6 Å². The fourth-order valence-electron chi connectivity index (χ4n) is 3.07. The van der Waals surface area contributed by atoms with Crippen LogP contribution >= 0.6 is 23.1 Å². The smallest absolute Gasteiger partial charge is 0.237 e. The normalized spacial score (nSPS) is 14.6. The first-order valence-electron chi connectivity index (χ1n) is 9.81. The number of nitrogens with one attached hydrogen (secondary N) is 1.